The number of hydrogen-bond acceptors (Lipinski definition) is 0. The Balaban J connectivity index is 0.000000615. The van der Waals surface area contributed by atoms with Gasteiger partial charge in [0.25, 0.3) is 0 Å². The fourth-order valence-electron chi connectivity index (χ4n) is 2.40. The monoisotopic (exact) mass is 342 g/mol. The van der Waals surface area contributed by atoms with Crippen LogP contribution in [0.1, 0.15) is 43.0 Å². The van der Waals surface area contributed by atoms with Gasteiger partial charge in [-0.15, -0.1) is 6.58 Å². The molecule has 0 saturated carbocycles. The fourth-order valence-corrected chi connectivity index (χ4v) is 2.40. The third-order valence-corrected chi connectivity index (χ3v) is 3.56. The second-order valence-electron chi connectivity index (χ2n) is 5.61. The van der Waals surface area contributed by atoms with E-state index in [1.54, 1.807) is 6.08 Å². The Bertz CT molecular complexity index is 722. The topological polar surface area (TPSA) is 0 Å². The van der Waals surface area contributed by atoms with Crippen molar-refractivity contribution in [2.75, 3.05) is 0 Å². The van der Waals surface area contributed by atoms with Crippen molar-refractivity contribution in [3.8, 4) is 0 Å². The Hall–Kier alpha value is -2.86. The number of rotatable bonds is 3. The van der Waals surface area contributed by atoms with E-state index >= 15 is 0 Å². The molecule has 134 valence electrons. The quantitative estimate of drug-likeness (QED) is 0.336. The predicted molar refractivity (Wildman–Crippen MR) is 118 cm³/mol. The highest BCUT2D eigenvalue weighted by Gasteiger charge is 2.04. The van der Waals surface area contributed by atoms with Gasteiger partial charge in [0, 0.05) is 0 Å². The molecule has 3 aromatic rings. The zero-order chi connectivity index (χ0) is 19.2. The lowest BCUT2D eigenvalue weighted by atomic mass is 9.95. The molecular formula is C26H30. The lowest BCUT2D eigenvalue weighted by Gasteiger charge is -2.09. The van der Waals surface area contributed by atoms with E-state index < -0.39 is 0 Å². The van der Waals surface area contributed by atoms with Crippen LogP contribution in [-0.2, 0) is 0 Å². The van der Waals surface area contributed by atoms with Gasteiger partial charge in [0.15, 0.2) is 0 Å². The average molecular weight is 343 g/mol. The molecule has 0 nitrogen and oxygen atoms in total. The normalized spacial score (nSPS) is 8.92. The Morgan fingerprint density at radius 1 is 0.692 bits per heavy atom. The minimum absolute atomic E-state index is 1.23. The van der Waals surface area contributed by atoms with Crippen molar-refractivity contribution < 1.29 is 0 Å². The van der Waals surface area contributed by atoms with Gasteiger partial charge in [-0.2, -0.15) is 0 Å². The molecule has 0 atom stereocenters. The van der Waals surface area contributed by atoms with Gasteiger partial charge in [0.05, 0.1) is 0 Å². The van der Waals surface area contributed by atoms with Crippen LogP contribution in [0, 0.1) is 6.92 Å². The van der Waals surface area contributed by atoms with E-state index in [9.17, 15) is 0 Å². The van der Waals surface area contributed by atoms with E-state index in [-0.39, 0.29) is 0 Å². The first-order chi connectivity index (χ1) is 12.7. The molecule has 3 rings (SSSR count). The first-order valence-electron chi connectivity index (χ1n) is 9.21. The molecule has 3 aromatic carbocycles. The summed E-state index contributed by atoms with van der Waals surface area (Å²) in [6.07, 6.45) is 4.00. The van der Waals surface area contributed by atoms with Crippen molar-refractivity contribution in [3.05, 3.63) is 120 Å². The smallest absolute Gasteiger partial charge is 0.0105 e. The van der Waals surface area contributed by atoms with Gasteiger partial charge in [-0.05, 0) is 42.2 Å². The van der Waals surface area contributed by atoms with Gasteiger partial charge in [-0.1, -0.05) is 110 Å². The summed E-state index contributed by atoms with van der Waals surface area (Å²) in [4.78, 5) is 0. The van der Waals surface area contributed by atoms with Crippen molar-refractivity contribution in [1.82, 2.24) is 0 Å². The Morgan fingerprint density at radius 2 is 1.08 bits per heavy atom. The van der Waals surface area contributed by atoms with E-state index in [0.29, 0.717) is 0 Å². The maximum Gasteiger partial charge on any atom is -0.0105 e. The van der Waals surface area contributed by atoms with Crippen molar-refractivity contribution in [2.24, 2.45) is 0 Å². The summed E-state index contributed by atoms with van der Waals surface area (Å²) in [5, 5.41) is 0. The molecule has 0 unspecified atom stereocenters. The molecule has 26 heavy (non-hydrogen) atoms. The highest BCUT2D eigenvalue weighted by molar-refractivity contribution is 5.91. The predicted octanol–water partition coefficient (Wildman–Crippen LogP) is 7.80. The Morgan fingerprint density at radius 3 is 1.46 bits per heavy atom. The molecule has 0 bridgehead atoms. The lowest BCUT2D eigenvalue weighted by Crippen LogP contribution is -1.88. The van der Waals surface area contributed by atoms with Crippen LogP contribution in [0.4, 0.5) is 0 Å². The summed E-state index contributed by atoms with van der Waals surface area (Å²) in [7, 11) is 0. The zero-order valence-corrected chi connectivity index (χ0v) is 16.4. The third kappa shape index (κ3) is 6.94. The fraction of sp³-hybridized carbons (Fsp3) is 0.154. The Labute approximate surface area is 159 Å². The number of hydrogen-bond donors (Lipinski definition) is 0. The van der Waals surface area contributed by atoms with E-state index in [1.165, 1.54) is 27.8 Å². The van der Waals surface area contributed by atoms with Crippen LogP contribution < -0.4 is 0 Å². The zero-order valence-electron chi connectivity index (χ0n) is 16.4. The number of aryl methyl sites for hydroxylation is 1. The second kappa shape index (κ2) is 12.5. The summed E-state index contributed by atoms with van der Waals surface area (Å²) in [5.41, 5.74) is 6.24. The lowest BCUT2D eigenvalue weighted by molar-refractivity contribution is 1.46. The van der Waals surface area contributed by atoms with Crippen LogP contribution in [0.2, 0.25) is 0 Å². The summed E-state index contributed by atoms with van der Waals surface area (Å²) in [5.74, 6) is 0. The summed E-state index contributed by atoms with van der Waals surface area (Å²) >= 11 is 0. The van der Waals surface area contributed by atoms with Gasteiger partial charge >= 0.3 is 0 Å². The molecule has 0 fully saturated rings. The molecule has 0 radical (unpaired) electrons. The minimum Gasteiger partial charge on any atom is -0.103 e. The summed E-state index contributed by atoms with van der Waals surface area (Å²) in [6.45, 7) is 11.4. The standard InChI is InChI=1S/C21H18.C3H6.C2H6/c1-17-12-14-18(15-13-17)16-21(19-8-4-2-5-9-19)20-10-6-3-7-11-20;1-3-2;1-2/h2-16H,1H3;3H,1H2,2H3;1-2H3. The van der Waals surface area contributed by atoms with Crippen LogP contribution >= 0.6 is 0 Å². The molecule has 0 spiro atoms. The Kier molecular flexibility index (Phi) is 10.2. The molecule has 0 N–H and O–H groups in total. The van der Waals surface area contributed by atoms with Crippen LogP contribution in [0.15, 0.2) is 97.6 Å². The molecular weight excluding hydrogens is 312 g/mol. The van der Waals surface area contributed by atoms with Crippen molar-refractivity contribution in [3.63, 3.8) is 0 Å². The first kappa shape index (κ1) is 21.2. The summed E-state index contributed by atoms with van der Waals surface area (Å²) < 4.78 is 0. The SMILES string of the molecule is C=CC.CC.Cc1ccc(C=C(c2ccccc2)c2ccccc2)cc1. The van der Waals surface area contributed by atoms with Crippen LogP contribution in [0.3, 0.4) is 0 Å². The average Bonchev–Trinajstić information content (AvgIpc) is 2.71. The van der Waals surface area contributed by atoms with Gasteiger partial charge < -0.3 is 0 Å². The molecule has 0 aliphatic heterocycles. The second-order valence-corrected chi connectivity index (χ2v) is 5.61. The number of benzene rings is 3. The van der Waals surface area contributed by atoms with E-state index in [2.05, 4.69) is 105 Å². The van der Waals surface area contributed by atoms with Gasteiger partial charge in [-0.3, -0.25) is 0 Å². The van der Waals surface area contributed by atoms with E-state index in [1.807, 2.05) is 20.8 Å². The van der Waals surface area contributed by atoms with Crippen LogP contribution in [0.5, 0.6) is 0 Å². The van der Waals surface area contributed by atoms with Gasteiger partial charge in [-0.25, -0.2) is 0 Å². The van der Waals surface area contributed by atoms with E-state index in [4.69, 9.17) is 0 Å². The molecule has 0 aromatic heterocycles. The maximum atomic E-state index is 3.36. The van der Waals surface area contributed by atoms with Crippen molar-refractivity contribution in [1.29, 1.82) is 0 Å². The van der Waals surface area contributed by atoms with Crippen molar-refractivity contribution >= 4 is 11.6 Å². The highest BCUT2D eigenvalue weighted by atomic mass is 14.1. The maximum absolute atomic E-state index is 3.36. The number of allylic oxidation sites excluding steroid dienone is 1. The highest BCUT2D eigenvalue weighted by Crippen LogP contribution is 2.25. The molecule has 0 heteroatoms. The molecule has 0 aliphatic carbocycles. The molecule has 0 aliphatic rings. The third-order valence-electron chi connectivity index (χ3n) is 3.56. The largest absolute Gasteiger partial charge is 0.103 e. The van der Waals surface area contributed by atoms with Crippen LogP contribution in [-0.4, -0.2) is 0 Å². The van der Waals surface area contributed by atoms with Gasteiger partial charge in [0.1, 0.15) is 0 Å². The summed E-state index contributed by atoms with van der Waals surface area (Å²) in [6, 6.07) is 29.7. The van der Waals surface area contributed by atoms with Crippen LogP contribution in [0.25, 0.3) is 11.6 Å². The first-order valence-corrected chi connectivity index (χ1v) is 9.21. The van der Waals surface area contributed by atoms with E-state index in [0.717, 1.165) is 0 Å². The minimum atomic E-state index is 1.23. The molecule has 0 saturated heterocycles. The molecule has 0 heterocycles. The van der Waals surface area contributed by atoms with Gasteiger partial charge in [0.2, 0.25) is 0 Å². The molecule has 0 amide bonds. The van der Waals surface area contributed by atoms with Crippen molar-refractivity contribution in [2.45, 2.75) is 27.7 Å².